The van der Waals surface area contributed by atoms with Crippen molar-refractivity contribution >= 4 is 34.4 Å². The zero-order chi connectivity index (χ0) is 27.6. The SMILES string of the molecule is CCCc1ccccc1N1C(=O)CSC1=NC(=O)CC1CC1c1ccc(-c2ncn(-c3ccc(C)cc3)n2)cc1. The van der Waals surface area contributed by atoms with Gasteiger partial charge < -0.3 is 0 Å². The lowest BCUT2D eigenvalue weighted by Gasteiger charge is -2.19. The lowest BCUT2D eigenvalue weighted by atomic mass is 10.1. The Labute approximate surface area is 238 Å². The second-order valence-electron chi connectivity index (χ2n) is 10.5. The lowest BCUT2D eigenvalue weighted by molar-refractivity contribution is -0.118. The van der Waals surface area contributed by atoms with Gasteiger partial charge in [-0.1, -0.05) is 85.3 Å². The third-order valence-corrected chi connectivity index (χ3v) is 8.41. The van der Waals surface area contributed by atoms with Crippen molar-refractivity contribution < 1.29 is 9.59 Å². The smallest absolute Gasteiger partial charge is 0.248 e. The molecule has 0 radical (unpaired) electrons. The van der Waals surface area contributed by atoms with Crippen LogP contribution in [0.15, 0.2) is 84.1 Å². The van der Waals surface area contributed by atoms with Crippen molar-refractivity contribution in [2.45, 2.75) is 45.4 Å². The minimum atomic E-state index is -0.162. The highest BCUT2D eigenvalue weighted by atomic mass is 32.2. The van der Waals surface area contributed by atoms with Gasteiger partial charge in [0.15, 0.2) is 11.0 Å². The van der Waals surface area contributed by atoms with Crippen LogP contribution in [0.1, 0.15) is 48.8 Å². The van der Waals surface area contributed by atoms with E-state index in [9.17, 15) is 9.59 Å². The number of thioether (sulfide) groups is 1. The maximum atomic E-state index is 12.9. The molecule has 3 aromatic carbocycles. The summed E-state index contributed by atoms with van der Waals surface area (Å²) in [5, 5.41) is 5.14. The highest BCUT2D eigenvalue weighted by Gasteiger charge is 2.40. The van der Waals surface area contributed by atoms with Crippen LogP contribution in [0.4, 0.5) is 5.69 Å². The standard InChI is InChI=1S/C32H31N5O2S/c1-3-6-23-7-4-5-8-28(23)37-30(39)19-40-32(37)34-29(38)18-25-17-27(25)22-11-13-24(14-12-22)31-33-20-36(35-31)26-15-9-21(2)10-16-26/h4-5,7-16,20,25,27H,3,6,17-19H2,1-2H3. The number of aromatic nitrogens is 3. The van der Waals surface area contributed by atoms with Gasteiger partial charge in [-0.05, 0) is 60.9 Å². The van der Waals surface area contributed by atoms with Crippen LogP contribution in [0.5, 0.6) is 0 Å². The molecule has 202 valence electrons. The molecule has 1 aliphatic heterocycles. The van der Waals surface area contributed by atoms with Crippen LogP contribution < -0.4 is 4.90 Å². The molecule has 0 bridgehead atoms. The van der Waals surface area contributed by atoms with E-state index in [1.165, 1.54) is 22.9 Å². The van der Waals surface area contributed by atoms with Gasteiger partial charge in [-0.15, -0.1) is 5.10 Å². The average molecular weight is 550 g/mol. The number of hydrogen-bond acceptors (Lipinski definition) is 5. The number of amides is 2. The van der Waals surface area contributed by atoms with Gasteiger partial charge in [0.05, 0.1) is 17.1 Å². The molecular formula is C32H31N5O2S. The topological polar surface area (TPSA) is 80.5 Å². The summed E-state index contributed by atoms with van der Waals surface area (Å²) in [5.41, 5.74) is 6.30. The number of rotatable bonds is 8. The van der Waals surface area contributed by atoms with E-state index < -0.39 is 0 Å². The van der Waals surface area contributed by atoms with E-state index in [4.69, 9.17) is 0 Å². The number of aryl methyl sites for hydroxylation is 2. The van der Waals surface area contributed by atoms with Crippen molar-refractivity contribution in [2.24, 2.45) is 10.9 Å². The first kappa shape index (κ1) is 26.2. The van der Waals surface area contributed by atoms with Gasteiger partial charge in [-0.3, -0.25) is 14.5 Å². The van der Waals surface area contributed by atoms with Gasteiger partial charge in [-0.2, -0.15) is 4.99 Å². The number of benzene rings is 3. The van der Waals surface area contributed by atoms with Crippen LogP contribution in [0.2, 0.25) is 0 Å². The molecule has 2 amide bonds. The van der Waals surface area contributed by atoms with Crippen molar-refractivity contribution in [3.8, 4) is 17.1 Å². The first-order valence-corrected chi connectivity index (χ1v) is 14.7. The largest absolute Gasteiger partial charge is 0.273 e. The predicted molar refractivity (Wildman–Crippen MR) is 160 cm³/mol. The van der Waals surface area contributed by atoms with E-state index in [1.807, 2.05) is 48.5 Å². The molecule has 2 fully saturated rings. The number of para-hydroxylation sites is 1. The van der Waals surface area contributed by atoms with Crippen LogP contribution in [0, 0.1) is 12.8 Å². The molecule has 2 atom stereocenters. The van der Waals surface area contributed by atoms with Crippen molar-refractivity contribution in [1.82, 2.24) is 14.8 Å². The van der Waals surface area contributed by atoms with Gasteiger partial charge in [0.25, 0.3) is 0 Å². The van der Waals surface area contributed by atoms with Crippen LogP contribution >= 0.6 is 11.8 Å². The minimum absolute atomic E-state index is 0.0253. The summed E-state index contributed by atoms with van der Waals surface area (Å²) >= 11 is 1.35. The van der Waals surface area contributed by atoms with Crippen molar-refractivity contribution in [1.29, 1.82) is 0 Å². The summed E-state index contributed by atoms with van der Waals surface area (Å²) < 4.78 is 1.78. The fraction of sp³-hybridized carbons (Fsp3) is 0.281. The van der Waals surface area contributed by atoms with Gasteiger partial charge in [0.2, 0.25) is 11.8 Å². The number of anilines is 1. The Balaban J connectivity index is 1.09. The van der Waals surface area contributed by atoms with Crippen LogP contribution in [0.3, 0.4) is 0 Å². The second-order valence-corrected chi connectivity index (χ2v) is 11.4. The molecule has 40 heavy (non-hydrogen) atoms. The van der Waals surface area contributed by atoms with Crippen LogP contribution in [-0.2, 0) is 16.0 Å². The fourth-order valence-electron chi connectivity index (χ4n) is 5.25. The summed E-state index contributed by atoms with van der Waals surface area (Å²) in [7, 11) is 0. The van der Waals surface area contributed by atoms with E-state index in [2.05, 4.69) is 53.2 Å². The molecule has 6 rings (SSSR count). The highest BCUT2D eigenvalue weighted by molar-refractivity contribution is 8.15. The Kier molecular flexibility index (Phi) is 7.34. The number of carbonyl (C=O) groups is 2. The molecule has 0 N–H and O–H groups in total. The number of aliphatic imine (C=N–C) groups is 1. The molecule has 1 saturated heterocycles. The molecule has 0 spiro atoms. The number of amidine groups is 1. The molecule has 4 aromatic rings. The molecule has 2 aliphatic rings. The monoisotopic (exact) mass is 549 g/mol. The average Bonchev–Trinajstić information content (AvgIpc) is 3.37. The molecule has 2 unspecified atom stereocenters. The molecule has 2 heterocycles. The molecule has 1 aliphatic carbocycles. The number of carbonyl (C=O) groups excluding carboxylic acids is 2. The van der Waals surface area contributed by atoms with Gasteiger partial charge in [0.1, 0.15) is 6.33 Å². The zero-order valence-electron chi connectivity index (χ0n) is 22.7. The third kappa shape index (κ3) is 5.49. The van der Waals surface area contributed by atoms with E-state index in [0.29, 0.717) is 29.1 Å². The third-order valence-electron chi connectivity index (χ3n) is 7.48. The van der Waals surface area contributed by atoms with Crippen LogP contribution in [-0.4, -0.2) is 37.5 Å². The molecular weight excluding hydrogens is 518 g/mol. The van der Waals surface area contributed by atoms with Crippen molar-refractivity contribution in [2.75, 3.05) is 10.7 Å². The quantitative estimate of drug-likeness (QED) is 0.256. The van der Waals surface area contributed by atoms with Gasteiger partial charge in [-0.25, -0.2) is 9.67 Å². The summed E-state index contributed by atoms with van der Waals surface area (Å²) in [6.45, 7) is 4.18. The summed E-state index contributed by atoms with van der Waals surface area (Å²) in [6, 6.07) is 24.4. The van der Waals surface area contributed by atoms with E-state index in [-0.39, 0.29) is 17.7 Å². The summed E-state index contributed by atoms with van der Waals surface area (Å²) in [6.07, 6.45) is 4.94. The molecule has 1 saturated carbocycles. The predicted octanol–water partition coefficient (Wildman–Crippen LogP) is 6.35. The number of nitrogens with zero attached hydrogens (tertiary/aromatic N) is 5. The highest BCUT2D eigenvalue weighted by Crippen LogP contribution is 2.50. The molecule has 7 nitrogen and oxygen atoms in total. The molecule has 8 heteroatoms. The maximum absolute atomic E-state index is 12.9. The van der Waals surface area contributed by atoms with E-state index in [1.54, 1.807) is 15.9 Å². The van der Waals surface area contributed by atoms with E-state index >= 15 is 0 Å². The number of hydrogen-bond donors (Lipinski definition) is 0. The summed E-state index contributed by atoms with van der Waals surface area (Å²) in [5.74, 6) is 1.41. The van der Waals surface area contributed by atoms with Gasteiger partial charge >= 0.3 is 0 Å². The van der Waals surface area contributed by atoms with Crippen molar-refractivity contribution in [3.05, 3.63) is 95.8 Å². The normalized spacial score (nSPS) is 19.4. The minimum Gasteiger partial charge on any atom is -0.273 e. The van der Waals surface area contributed by atoms with Gasteiger partial charge in [0, 0.05) is 12.0 Å². The first-order valence-electron chi connectivity index (χ1n) is 13.7. The Bertz CT molecular complexity index is 1580. The lowest BCUT2D eigenvalue weighted by Crippen LogP contribution is -2.30. The maximum Gasteiger partial charge on any atom is 0.248 e. The second kappa shape index (κ2) is 11.2. The fourth-order valence-corrected chi connectivity index (χ4v) is 6.12. The van der Waals surface area contributed by atoms with Crippen molar-refractivity contribution in [3.63, 3.8) is 0 Å². The Morgan fingerprint density at radius 1 is 1.05 bits per heavy atom. The Morgan fingerprint density at radius 2 is 1.82 bits per heavy atom. The van der Waals surface area contributed by atoms with E-state index in [0.717, 1.165) is 41.8 Å². The summed E-state index contributed by atoms with van der Waals surface area (Å²) in [4.78, 5) is 36.2. The first-order chi connectivity index (χ1) is 19.5. The van der Waals surface area contributed by atoms with Crippen LogP contribution in [0.25, 0.3) is 17.1 Å². The molecule has 1 aromatic heterocycles. The zero-order valence-corrected chi connectivity index (χ0v) is 23.5. The Morgan fingerprint density at radius 3 is 2.60 bits per heavy atom. The Hall–Kier alpha value is -4.04.